The highest BCUT2D eigenvalue weighted by Gasteiger charge is 2.34. The Bertz CT molecular complexity index is 352. The van der Waals surface area contributed by atoms with E-state index in [0.29, 0.717) is 6.54 Å². The molecule has 0 aromatic carbocycles. The van der Waals surface area contributed by atoms with Crippen LogP contribution in [0.2, 0.25) is 0 Å². The van der Waals surface area contributed by atoms with Crippen molar-refractivity contribution < 1.29 is 19.1 Å². The van der Waals surface area contributed by atoms with Crippen LogP contribution in [0, 0.1) is 11.8 Å². The zero-order valence-electron chi connectivity index (χ0n) is 13.1. The van der Waals surface area contributed by atoms with Crippen molar-refractivity contribution in [3.8, 4) is 0 Å². The Morgan fingerprint density at radius 1 is 1.35 bits per heavy atom. The van der Waals surface area contributed by atoms with Crippen molar-refractivity contribution in [1.29, 1.82) is 0 Å². The standard InChI is InChI=1S/C14H26N2O4/c1-14(2,3)20-13(18)15-8-10-9-16(4)7-6-11(10)12(17)19-5/h10-11H,6-9H2,1-5H3,(H,15,18)/t10-,11-/m1/s1. The fourth-order valence-electron chi connectivity index (χ4n) is 2.41. The Morgan fingerprint density at radius 3 is 2.55 bits per heavy atom. The number of nitrogens with zero attached hydrogens (tertiary/aromatic N) is 1. The summed E-state index contributed by atoms with van der Waals surface area (Å²) in [6.07, 6.45) is 0.304. The lowest BCUT2D eigenvalue weighted by Gasteiger charge is -2.35. The molecule has 1 fully saturated rings. The number of hydrogen-bond donors (Lipinski definition) is 1. The summed E-state index contributed by atoms with van der Waals surface area (Å²) in [5.41, 5.74) is -0.519. The molecule has 116 valence electrons. The first kappa shape index (κ1) is 16.8. The van der Waals surface area contributed by atoms with Gasteiger partial charge in [0.15, 0.2) is 0 Å². The summed E-state index contributed by atoms with van der Waals surface area (Å²) >= 11 is 0. The third-order valence-corrected chi connectivity index (χ3v) is 3.35. The van der Waals surface area contributed by atoms with Crippen LogP contribution in [0.5, 0.6) is 0 Å². The van der Waals surface area contributed by atoms with E-state index in [-0.39, 0.29) is 17.8 Å². The van der Waals surface area contributed by atoms with Crippen LogP contribution in [-0.2, 0) is 14.3 Å². The first-order chi connectivity index (χ1) is 9.23. The number of hydrogen-bond acceptors (Lipinski definition) is 5. The Hall–Kier alpha value is -1.30. The second kappa shape index (κ2) is 6.92. The van der Waals surface area contributed by atoms with Crippen molar-refractivity contribution >= 4 is 12.1 Å². The van der Waals surface area contributed by atoms with Gasteiger partial charge in [-0.15, -0.1) is 0 Å². The molecule has 1 aliphatic rings. The lowest BCUT2D eigenvalue weighted by molar-refractivity contribution is -0.149. The molecule has 6 nitrogen and oxygen atoms in total. The third-order valence-electron chi connectivity index (χ3n) is 3.35. The van der Waals surface area contributed by atoms with Gasteiger partial charge in [0.2, 0.25) is 0 Å². The minimum Gasteiger partial charge on any atom is -0.469 e. The van der Waals surface area contributed by atoms with E-state index in [2.05, 4.69) is 10.2 Å². The van der Waals surface area contributed by atoms with Gasteiger partial charge in [-0.3, -0.25) is 4.79 Å². The summed E-state index contributed by atoms with van der Waals surface area (Å²) in [7, 11) is 3.41. The molecule has 0 bridgehead atoms. The van der Waals surface area contributed by atoms with Crippen LogP contribution >= 0.6 is 0 Å². The highest BCUT2D eigenvalue weighted by atomic mass is 16.6. The Labute approximate surface area is 120 Å². The summed E-state index contributed by atoms with van der Waals surface area (Å²) in [6, 6.07) is 0. The summed E-state index contributed by atoms with van der Waals surface area (Å²) in [5, 5.41) is 2.74. The number of nitrogens with one attached hydrogen (secondary N) is 1. The van der Waals surface area contributed by atoms with E-state index in [4.69, 9.17) is 9.47 Å². The highest BCUT2D eigenvalue weighted by molar-refractivity contribution is 5.73. The predicted octanol–water partition coefficient (Wildman–Crippen LogP) is 1.25. The average Bonchev–Trinajstić information content (AvgIpc) is 2.33. The van der Waals surface area contributed by atoms with Crippen LogP contribution in [-0.4, -0.2) is 56.4 Å². The molecule has 0 spiro atoms. The Morgan fingerprint density at radius 2 is 2.00 bits per heavy atom. The topological polar surface area (TPSA) is 67.9 Å². The van der Waals surface area contributed by atoms with Crippen molar-refractivity contribution in [2.75, 3.05) is 33.8 Å². The molecule has 0 aromatic rings. The third kappa shape index (κ3) is 5.36. The molecular weight excluding hydrogens is 260 g/mol. The number of esters is 1. The number of alkyl carbamates (subject to hydrolysis) is 1. The van der Waals surface area contributed by atoms with Gasteiger partial charge in [0, 0.05) is 19.0 Å². The van der Waals surface area contributed by atoms with E-state index in [1.54, 1.807) is 0 Å². The second-order valence-corrected chi connectivity index (χ2v) is 6.32. The fourth-order valence-corrected chi connectivity index (χ4v) is 2.41. The van der Waals surface area contributed by atoms with Crippen molar-refractivity contribution in [1.82, 2.24) is 10.2 Å². The molecule has 0 radical (unpaired) electrons. The van der Waals surface area contributed by atoms with Crippen molar-refractivity contribution in [2.24, 2.45) is 11.8 Å². The Kier molecular flexibility index (Phi) is 5.80. The van der Waals surface area contributed by atoms with Crippen LogP contribution in [0.15, 0.2) is 0 Å². The lowest BCUT2D eigenvalue weighted by atomic mass is 9.85. The maximum Gasteiger partial charge on any atom is 0.407 e. The van der Waals surface area contributed by atoms with Crippen LogP contribution in [0.4, 0.5) is 4.79 Å². The molecular formula is C14H26N2O4. The van der Waals surface area contributed by atoms with E-state index < -0.39 is 11.7 Å². The maximum absolute atomic E-state index is 11.8. The summed E-state index contributed by atoms with van der Waals surface area (Å²) in [6.45, 7) is 7.49. The number of piperidine rings is 1. The number of carbonyl (C=O) groups excluding carboxylic acids is 2. The molecule has 1 amide bonds. The maximum atomic E-state index is 11.8. The van der Waals surface area contributed by atoms with E-state index >= 15 is 0 Å². The minimum atomic E-state index is -0.519. The number of carbonyl (C=O) groups is 2. The molecule has 1 aliphatic heterocycles. The van der Waals surface area contributed by atoms with Gasteiger partial charge in [0.25, 0.3) is 0 Å². The average molecular weight is 286 g/mol. The van der Waals surface area contributed by atoms with Gasteiger partial charge in [-0.1, -0.05) is 0 Å². The van der Waals surface area contributed by atoms with Crippen molar-refractivity contribution in [3.63, 3.8) is 0 Å². The minimum absolute atomic E-state index is 0.0497. The molecule has 0 aromatic heterocycles. The number of amides is 1. The first-order valence-electron chi connectivity index (χ1n) is 6.96. The molecule has 0 aliphatic carbocycles. The molecule has 0 unspecified atom stereocenters. The molecule has 0 saturated carbocycles. The predicted molar refractivity (Wildman–Crippen MR) is 75.3 cm³/mol. The van der Waals surface area contributed by atoms with Gasteiger partial charge in [-0.2, -0.15) is 0 Å². The monoisotopic (exact) mass is 286 g/mol. The molecule has 1 N–H and O–H groups in total. The number of methoxy groups -OCH3 is 1. The summed E-state index contributed by atoms with van der Waals surface area (Å²) in [4.78, 5) is 25.6. The van der Waals surface area contributed by atoms with E-state index in [1.807, 2.05) is 27.8 Å². The van der Waals surface area contributed by atoms with Gasteiger partial charge in [0.05, 0.1) is 13.0 Å². The molecule has 2 atom stereocenters. The molecule has 6 heteroatoms. The van der Waals surface area contributed by atoms with Gasteiger partial charge < -0.3 is 19.7 Å². The zero-order valence-corrected chi connectivity index (χ0v) is 13.1. The number of rotatable bonds is 3. The van der Waals surface area contributed by atoms with Crippen LogP contribution in [0.3, 0.4) is 0 Å². The van der Waals surface area contributed by atoms with Gasteiger partial charge in [-0.25, -0.2) is 4.79 Å². The summed E-state index contributed by atoms with van der Waals surface area (Å²) < 4.78 is 10.0. The van der Waals surface area contributed by atoms with E-state index in [1.165, 1.54) is 7.11 Å². The SMILES string of the molecule is COC(=O)[C@@H]1CCN(C)C[C@H]1CNC(=O)OC(C)(C)C. The van der Waals surface area contributed by atoms with Gasteiger partial charge in [0.1, 0.15) is 5.60 Å². The second-order valence-electron chi connectivity index (χ2n) is 6.32. The largest absolute Gasteiger partial charge is 0.469 e. The van der Waals surface area contributed by atoms with Crippen LogP contribution in [0.25, 0.3) is 0 Å². The first-order valence-corrected chi connectivity index (χ1v) is 6.96. The van der Waals surface area contributed by atoms with Crippen LogP contribution in [0.1, 0.15) is 27.2 Å². The number of likely N-dealkylation sites (tertiary alicyclic amines) is 1. The molecule has 20 heavy (non-hydrogen) atoms. The smallest absolute Gasteiger partial charge is 0.407 e. The number of ether oxygens (including phenoxy) is 2. The lowest BCUT2D eigenvalue weighted by Crippen LogP contribution is -2.47. The summed E-state index contributed by atoms with van der Waals surface area (Å²) in [5.74, 6) is -0.311. The van der Waals surface area contributed by atoms with Gasteiger partial charge in [-0.05, 0) is 40.8 Å². The van der Waals surface area contributed by atoms with Crippen molar-refractivity contribution in [3.05, 3.63) is 0 Å². The molecule has 1 heterocycles. The van der Waals surface area contributed by atoms with Crippen molar-refractivity contribution in [2.45, 2.75) is 32.8 Å². The Balaban J connectivity index is 2.53. The highest BCUT2D eigenvalue weighted by Crippen LogP contribution is 2.23. The van der Waals surface area contributed by atoms with E-state index in [9.17, 15) is 9.59 Å². The normalized spacial score (nSPS) is 24.1. The zero-order chi connectivity index (χ0) is 15.3. The van der Waals surface area contributed by atoms with Crippen LogP contribution < -0.4 is 5.32 Å². The van der Waals surface area contributed by atoms with E-state index in [0.717, 1.165) is 19.5 Å². The quantitative estimate of drug-likeness (QED) is 0.791. The fraction of sp³-hybridized carbons (Fsp3) is 0.857. The molecule has 1 rings (SSSR count). The van der Waals surface area contributed by atoms with Gasteiger partial charge >= 0.3 is 12.1 Å². The molecule has 1 saturated heterocycles.